The molecule has 0 saturated heterocycles. The summed E-state index contributed by atoms with van der Waals surface area (Å²) in [5.74, 6) is 5.08. The molecule has 10 heteroatoms. The van der Waals surface area contributed by atoms with E-state index in [1.165, 1.54) is 17.0 Å². The van der Waals surface area contributed by atoms with E-state index in [1.807, 2.05) is 24.3 Å². The SMILES string of the molecule is CC1=C(C(=O)OCc2ccccc2)C(c2ccc(C#N)cc2)N=C(NN)N1c1cccc(C(F)(F)F)c1. The van der Waals surface area contributed by atoms with Crippen molar-refractivity contribution >= 4 is 17.6 Å². The van der Waals surface area contributed by atoms with Crippen molar-refractivity contribution in [1.29, 1.82) is 5.26 Å². The van der Waals surface area contributed by atoms with Gasteiger partial charge in [-0.1, -0.05) is 48.5 Å². The van der Waals surface area contributed by atoms with E-state index in [2.05, 4.69) is 10.4 Å². The van der Waals surface area contributed by atoms with Gasteiger partial charge in [-0.25, -0.2) is 15.6 Å². The molecule has 1 heterocycles. The second-order valence-corrected chi connectivity index (χ2v) is 8.18. The number of nitrogens with one attached hydrogen (secondary N) is 1. The summed E-state index contributed by atoms with van der Waals surface area (Å²) in [4.78, 5) is 19.3. The van der Waals surface area contributed by atoms with Crippen LogP contribution in [0, 0.1) is 11.3 Å². The molecule has 0 spiro atoms. The first-order valence-corrected chi connectivity index (χ1v) is 11.2. The van der Waals surface area contributed by atoms with Crippen molar-refractivity contribution in [2.24, 2.45) is 10.8 Å². The third kappa shape index (κ3) is 5.47. The van der Waals surface area contributed by atoms with Gasteiger partial charge in [-0.05, 0) is 48.4 Å². The summed E-state index contributed by atoms with van der Waals surface area (Å²) in [6.07, 6.45) is -4.57. The Bertz CT molecular complexity index is 1390. The third-order valence-electron chi connectivity index (χ3n) is 5.81. The quantitative estimate of drug-likeness (QED) is 0.288. The van der Waals surface area contributed by atoms with Gasteiger partial charge in [0.25, 0.3) is 0 Å². The van der Waals surface area contributed by atoms with Crippen LogP contribution in [-0.4, -0.2) is 11.9 Å². The van der Waals surface area contributed by atoms with Crippen molar-refractivity contribution in [3.63, 3.8) is 0 Å². The number of nitriles is 1. The molecule has 0 fully saturated rings. The minimum atomic E-state index is -4.57. The number of hydrogen-bond donors (Lipinski definition) is 2. The average Bonchev–Trinajstić information content (AvgIpc) is 2.91. The fourth-order valence-electron chi connectivity index (χ4n) is 4.00. The number of allylic oxidation sites excluding steroid dienone is 1. The largest absolute Gasteiger partial charge is 0.457 e. The van der Waals surface area contributed by atoms with Crippen LogP contribution in [0.2, 0.25) is 0 Å². The van der Waals surface area contributed by atoms with E-state index in [1.54, 1.807) is 43.3 Å². The van der Waals surface area contributed by atoms with Crippen LogP contribution in [0.1, 0.15) is 35.2 Å². The maximum atomic E-state index is 13.4. The minimum absolute atomic E-state index is 0.00812. The smallest absolute Gasteiger partial charge is 0.416 e. The van der Waals surface area contributed by atoms with E-state index in [4.69, 9.17) is 15.8 Å². The molecule has 1 aliphatic heterocycles. The number of nitrogens with two attached hydrogens (primary N) is 1. The summed E-state index contributed by atoms with van der Waals surface area (Å²) in [5, 5.41) is 9.15. The maximum absolute atomic E-state index is 13.4. The van der Waals surface area contributed by atoms with E-state index in [0.717, 1.165) is 17.7 Å². The van der Waals surface area contributed by atoms with Gasteiger partial charge in [0.1, 0.15) is 12.6 Å². The van der Waals surface area contributed by atoms with E-state index < -0.39 is 23.8 Å². The van der Waals surface area contributed by atoms with Crippen LogP contribution in [0.25, 0.3) is 0 Å². The summed E-state index contributed by atoms with van der Waals surface area (Å²) < 4.78 is 45.9. The van der Waals surface area contributed by atoms with Crippen molar-refractivity contribution in [2.45, 2.75) is 25.7 Å². The number of carbonyl (C=O) groups is 1. The number of carbonyl (C=O) groups excluding carboxylic acids is 1. The zero-order valence-electron chi connectivity index (χ0n) is 19.7. The average molecular weight is 506 g/mol. The predicted octanol–water partition coefficient (Wildman–Crippen LogP) is 4.98. The van der Waals surface area contributed by atoms with Crippen molar-refractivity contribution in [1.82, 2.24) is 5.43 Å². The van der Waals surface area contributed by atoms with Gasteiger partial charge in [0.15, 0.2) is 0 Å². The van der Waals surface area contributed by atoms with Gasteiger partial charge in [-0.2, -0.15) is 18.4 Å². The molecule has 0 saturated carbocycles. The highest BCUT2D eigenvalue weighted by atomic mass is 19.4. The molecule has 3 aromatic rings. The van der Waals surface area contributed by atoms with Gasteiger partial charge >= 0.3 is 12.1 Å². The summed E-state index contributed by atoms with van der Waals surface area (Å²) in [5.41, 5.74) is 3.84. The van der Waals surface area contributed by atoms with Gasteiger partial charge in [0.2, 0.25) is 5.96 Å². The van der Waals surface area contributed by atoms with Gasteiger partial charge in [0.05, 0.1) is 22.8 Å². The van der Waals surface area contributed by atoms with E-state index in [-0.39, 0.29) is 29.5 Å². The van der Waals surface area contributed by atoms with Crippen LogP contribution in [0.15, 0.2) is 95.1 Å². The molecular weight excluding hydrogens is 483 g/mol. The van der Waals surface area contributed by atoms with Crippen LogP contribution >= 0.6 is 0 Å². The highest BCUT2D eigenvalue weighted by Crippen LogP contribution is 2.38. The van der Waals surface area contributed by atoms with E-state index in [0.29, 0.717) is 11.1 Å². The molecular formula is C27H22F3N5O2. The van der Waals surface area contributed by atoms with Crippen molar-refractivity contribution in [3.8, 4) is 6.07 Å². The number of hydrazine groups is 1. The Hall–Kier alpha value is -4.62. The molecule has 1 aliphatic rings. The summed E-state index contributed by atoms with van der Waals surface area (Å²) >= 11 is 0. The molecule has 1 unspecified atom stereocenters. The Kier molecular flexibility index (Phi) is 7.27. The first-order valence-electron chi connectivity index (χ1n) is 11.2. The molecule has 0 radical (unpaired) electrons. The number of alkyl halides is 3. The Morgan fingerprint density at radius 2 is 1.81 bits per heavy atom. The normalized spacial score (nSPS) is 15.6. The highest BCUT2D eigenvalue weighted by Gasteiger charge is 2.36. The number of hydrogen-bond acceptors (Lipinski definition) is 7. The zero-order valence-corrected chi connectivity index (χ0v) is 19.7. The predicted molar refractivity (Wildman–Crippen MR) is 132 cm³/mol. The van der Waals surface area contributed by atoms with Gasteiger partial charge in [-0.15, -0.1) is 0 Å². The number of guanidine groups is 1. The lowest BCUT2D eigenvalue weighted by atomic mass is 9.94. The summed E-state index contributed by atoms with van der Waals surface area (Å²) in [6.45, 7) is 1.58. The molecule has 188 valence electrons. The topological polar surface area (TPSA) is 104 Å². The number of ether oxygens (including phenoxy) is 1. The zero-order chi connectivity index (χ0) is 26.6. The first-order chi connectivity index (χ1) is 17.7. The molecule has 3 N–H and O–H groups in total. The number of aliphatic imine (C=N–C) groups is 1. The Balaban J connectivity index is 1.80. The van der Waals surface area contributed by atoms with Crippen LogP contribution in [0.5, 0.6) is 0 Å². The lowest BCUT2D eigenvalue weighted by Gasteiger charge is -2.34. The van der Waals surface area contributed by atoms with Gasteiger partial charge < -0.3 is 4.74 Å². The lowest BCUT2D eigenvalue weighted by molar-refractivity contribution is -0.141. The Labute approximate surface area is 211 Å². The fraction of sp³-hybridized carbons (Fsp3) is 0.148. The van der Waals surface area contributed by atoms with Gasteiger partial charge in [0, 0.05) is 11.4 Å². The fourth-order valence-corrected chi connectivity index (χ4v) is 4.00. The molecule has 0 aliphatic carbocycles. The monoisotopic (exact) mass is 505 g/mol. The molecule has 0 bridgehead atoms. The van der Waals surface area contributed by atoms with Crippen LogP contribution in [0.4, 0.5) is 18.9 Å². The first kappa shape index (κ1) is 25.5. The van der Waals surface area contributed by atoms with Gasteiger partial charge in [-0.3, -0.25) is 10.3 Å². The number of halogens is 3. The minimum Gasteiger partial charge on any atom is -0.457 e. The second-order valence-electron chi connectivity index (χ2n) is 8.18. The number of anilines is 1. The van der Waals surface area contributed by atoms with E-state index in [9.17, 15) is 18.0 Å². The van der Waals surface area contributed by atoms with E-state index >= 15 is 0 Å². The van der Waals surface area contributed by atoms with Crippen LogP contribution < -0.4 is 16.2 Å². The molecule has 0 amide bonds. The van der Waals surface area contributed by atoms with Crippen LogP contribution in [-0.2, 0) is 22.3 Å². The third-order valence-corrected chi connectivity index (χ3v) is 5.81. The molecule has 1 atom stereocenters. The van der Waals surface area contributed by atoms with Crippen molar-refractivity contribution in [3.05, 3.63) is 112 Å². The second kappa shape index (κ2) is 10.6. The summed E-state index contributed by atoms with van der Waals surface area (Å²) in [7, 11) is 0. The molecule has 0 aromatic heterocycles. The van der Waals surface area contributed by atoms with Crippen LogP contribution in [0.3, 0.4) is 0 Å². The summed E-state index contributed by atoms with van der Waals surface area (Å²) in [6, 6.07) is 21.3. The standard InChI is InChI=1S/C27H22F3N5O2/c1-17-23(25(36)37-16-19-6-3-2-4-7-19)24(20-12-10-18(15-31)11-13-20)33-26(34-32)35(17)22-9-5-8-21(14-22)27(28,29)30/h2-14,24H,16,32H2,1H3,(H,33,34). The molecule has 7 nitrogen and oxygen atoms in total. The highest BCUT2D eigenvalue weighted by molar-refractivity contribution is 6.04. The number of nitrogens with zero attached hydrogens (tertiary/aromatic N) is 3. The number of esters is 1. The maximum Gasteiger partial charge on any atom is 0.416 e. The van der Waals surface area contributed by atoms with Crippen molar-refractivity contribution < 1.29 is 22.7 Å². The van der Waals surface area contributed by atoms with Crippen molar-refractivity contribution in [2.75, 3.05) is 4.90 Å². The molecule has 37 heavy (non-hydrogen) atoms. The number of rotatable bonds is 5. The lowest BCUT2D eigenvalue weighted by Crippen LogP contribution is -2.47. The molecule has 4 rings (SSSR count). The number of benzene rings is 3. The Morgan fingerprint density at radius 1 is 1.11 bits per heavy atom. The molecule has 3 aromatic carbocycles. The Morgan fingerprint density at radius 3 is 2.43 bits per heavy atom.